The van der Waals surface area contributed by atoms with Gasteiger partial charge in [0.1, 0.15) is 0 Å². The van der Waals surface area contributed by atoms with Gasteiger partial charge >= 0.3 is 0 Å². The van der Waals surface area contributed by atoms with Crippen molar-refractivity contribution in [1.29, 1.82) is 0 Å². The average Bonchev–Trinajstić information content (AvgIpc) is 3.25. The van der Waals surface area contributed by atoms with Gasteiger partial charge < -0.3 is 15.1 Å². The van der Waals surface area contributed by atoms with Gasteiger partial charge in [-0.1, -0.05) is 6.92 Å². The number of fused-ring (bicyclic) bond motifs is 2. The van der Waals surface area contributed by atoms with Gasteiger partial charge in [0.05, 0.1) is 11.0 Å². The third-order valence-electron chi connectivity index (χ3n) is 7.50. The minimum atomic E-state index is -0.236. The molecule has 1 saturated carbocycles. The molecule has 1 aliphatic carbocycles. The fourth-order valence-electron chi connectivity index (χ4n) is 5.94. The molecule has 2 saturated heterocycles. The Kier molecular flexibility index (Phi) is 4.70. The van der Waals surface area contributed by atoms with Crippen LogP contribution in [-0.2, 0) is 4.79 Å². The number of hydrogen-bond acceptors (Lipinski definition) is 4. The van der Waals surface area contributed by atoms with E-state index in [0.29, 0.717) is 11.5 Å². The predicted octanol–water partition coefficient (Wildman–Crippen LogP) is 1.78. The normalized spacial score (nSPS) is 29.7. The summed E-state index contributed by atoms with van der Waals surface area (Å²) in [4.78, 5) is 34.1. The number of nitrogens with one attached hydrogen (secondary N) is 1. The van der Waals surface area contributed by atoms with Gasteiger partial charge in [0.25, 0.3) is 5.91 Å². The van der Waals surface area contributed by atoms with Crippen LogP contribution in [0.3, 0.4) is 0 Å². The number of amides is 2. The first-order chi connectivity index (χ1) is 13.0. The molecule has 146 valence electrons. The van der Waals surface area contributed by atoms with Crippen molar-refractivity contribution >= 4 is 11.8 Å². The highest BCUT2D eigenvalue weighted by Gasteiger charge is 2.63. The third kappa shape index (κ3) is 2.85. The Morgan fingerprint density at radius 2 is 2.04 bits per heavy atom. The van der Waals surface area contributed by atoms with Crippen LogP contribution >= 0.6 is 0 Å². The molecule has 6 nitrogen and oxygen atoms in total. The van der Waals surface area contributed by atoms with E-state index in [4.69, 9.17) is 0 Å². The maximum Gasteiger partial charge on any atom is 0.255 e. The molecule has 0 bridgehead atoms. The van der Waals surface area contributed by atoms with Gasteiger partial charge in [-0.05, 0) is 55.7 Å². The van der Waals surface area contributed by atoms with E-state index in [2.05, 4.69) is 22.1 Å². The number of carbonyl (C=O) groups is 2. The Balaban J connectivity index is 1.51. The average molecular weight is 370 g/mol. The number of likely N-dealkylation sites (tertiary alicyclic amines) is 2. The minimum absolute atomic E-state index is 0.0788. The third-order valence-corrected chi connectivity index (χ3v) is 7.50. The number of aromatic nitrogens is 1. The van der Waals surface area contributed by atoms with Crippen molar-refractivity contribution in [2.75, 3.05) is 39.8 Å². The lowest BCUT2D eigenvalue weighted by molar-refractivity contribution is -0.132. The van der Waals surface area contributed by atoms with Crippen molar-refractivity contribution in [3.05, 3.63) is 30.1 Å². The van der Waals surface area contributed by atoms with E-state index in [9.17, 15) is 9.59 Å². The Hall–Kier alpha value is -1.95. The van der Waals surface area contributed by atoms with E-state index in [1.165, 1.54) is 0 Å². The van der Waals surface area contributed by atoms with Crippen molar-refractivity contribution in [3.8, 4) is 0 Å². The van der Waals surface area contributed by atoms with Crippen LogP contribution in [0.5, 0.6) is 0 Å². The summed E-state index contributed by atoms with van der Waals surface area (Å²) in [7, 11) is 1.77. The Morgan fingerprint density at radius 1 is 1.26 bits per heavy atom. The molecule has 6 heteroatoms. The van der Waals surface area contributed by atoms with E-state index in [-0.39, 0.29) is 22.6 Å². The second kappa shape index (κ2) is 6.89. The lowest BCUT2D eigenvalue weighted by atomic mass is 9.65. The molecule has 3 heterocycles. The molecular weight excluding hydrogens is 340 g/mol. The summed E-state index contributed by atoms with van der Waals surface area (Å²) in [6, 6.07) is 3.65. The Bertz CT molecular complexity index is 714. The topological polar surface area (TPSA) is 65.5 Å². The van der Waals surface area contributed by atoms with Gasteiger partial charge in [-0.2, -0.15) is 0 Å². The quantitative estimate of drug-likeness (QED) is 0.881. The van der Waals surface area contributed by atoms with Crippen LogP contribution in [0.15, 0.2) is 24.5 Å². The molecule has 3 fully saturated rings. The van der Waals surface area contributed by atoms with Crippen molar-refractivity contribution in [3.63, 3.8) is 0 Å². The molecule has 2 atom stereocenters. The van der Waals surface area contributed by atoms with Gasteiger partial charge in [-0.3, -0.25) is 14.6 Å². The SMILES string of the molecule is CCN1C[C@H]2C3(CCN(C(=O)c4cccnc4)CC3)CC[C@@]2(C(=O)NC)C1. The van der Waals surface area contributed by atoms with Crippen molar-refractivity contribution < 1.29 is 9.59 Å². The van der Waals surface area contributed by atoms with Gasteiger partial charge in [0, 0.05) is 45.6 Å². The lowest BCUT2D eigenvalue weighted by Crippen LogP contribution is -2.49. The Morgan fingerprint density at radius 3 is 2.67 bits per heavy atom. The van der Waals surface area contributed by atoms with Gasteiger partial charge in [-0.15, -0.1) is 0 Å². The highest BCUT2D eigenvalue weighted by Crippen LogP contribution is 2.62. The van der Waals surface area contributed by atoms with E-state index >= 15 is 0 Å². The molecule has 1 aromatic heterocycles. The molecule has 1 aromatic rings. The van der Waals surface area contributed by atoms with Crippen LogP contribution in [0.25, 0.3) is 0 Å². The zero-order valence-electron chi connectivity index (χ0n) is 16.4. The maximum absolute atomic E-state index is 12.9. The molecule has 1 spiro atoms. The van der Waals surface area contributed by atoms with E-state index in [0.717, 1.165) is 58.4 Å². The van der Waals surface area contributed by atoms with Crippen LogP contribution in [0.2, 0.25) is 0 Å². The number of hydrogen-bond donors (Lipinski definition) is 1. The number of pyridine rings is 1. The van der Waals surface area contributed by atoms with Gasteiger partial charge in [0.15, 0.2) is 0 Å². The number of piperidine rings is 1. The first kappa shape index (κ1) is 18.4. The molecule has 0 aromatic carbocycles. The largest absolute Gasteiger partial charge is 0.359 e. The summed E-state index contributed by atoms with van der Waals surface area (Å²) in [5.41, 5.74) is 0.625. The molecule has 0 radical (unpaired) electrons. The molecule has 2 aliphatic heterocycles. The predicted molar refractivity (Wildman–Crippen MR) is 103 cm³/mol. The van der Waals surface area contributed by atoms with Crippen LogP contribution in [0.1, 0.15) is 43.0 Å². The summed E-state index contributed by atoms with van der Waals surface area (Å²) in [5.74, 6) is 0.699. The summed E-state index contributed by atoms with van der Waals surface area (Å²) in [6.07, 6.45) is 7.43. The second-order valence-corrected chi connectivity index (χ2v) is 8.51. The van der Waals surface area contributed by atoms with E-state index < -0.39 is 0 Å². The highest BCUT2D eigenvalue weighted by atomic mass is 16.2. The van der Waals surface area contributed by atoms with E-state index in [1.54, 1.807) is 19.4 Å². The summed E-state index contributed by atoms with van der Waals surface area (Å²) in [5, 5.41) is 2.95. The molecule has 2 amide bonds. The molecule has 0 unspecified atom stereocenters. The zero-order valence-corrected chi connectivity index (χ0v) is 16.4. The summed E-state index contributed by atoms with van der Waals surface area (Å²) >= 11 is 0. The first-order valence-corrected chi connectivity index (χ1v) is 10.2. The van der Waals surface area contributed by atoms with Crippen LogP contribution in [-0.4, -0.2) is 66.4 Å². The molecule has 1 N–H and O–H groups in total. The fraction of sp³-hybridized carbons (Fsp3) is 0.667. The van der Waals surface area contributed by atoms with Crippen molar-refractivity contribution in [1.82, 2.24) is 20.1 Å². The summed E-state index contributed by atoms with van der Waals surface area (Å²) < 4.78 is 0. The standard InChI is InChI=1S/C21H30N4O2/c1-3-24-14-17-20(6-7-21(17,15-24)19(27)22-2)8-11-25(12-9-20)18(26)16-5-4-10-23-13-16/h4-5,10,13,17H,3,6-9,11-12,14-15H2,1-2H3,(H,22,27)/t17-,21+/m0/s1. The highest BCUT2D eigenvalue weighted by molar-refractivity contribution is 5.94. The zero-order chi connectivity index (χ0) is 19.1. The monoisotopic (exact) mass is 370 g/mol. The van der Waals surface area contributed by atoms with Gasteiger partial charge in [-0.25, -0.2) is 0 Å². The molecule has 4 rings (SSSR count). The number of nitrogens with zero attached hydrogens (tertiary/aromatic N) is 3. The molecule has 27 heavy (non-hydrogen) atoms. The fourth-order valence-corrected chi connectivity index (χ4v) is 5.94. The number of carbonyl (C=O) groups excluding carboxylic acids is 2. The maximum atomic E-state index is 12.9. The molecular formula is C21H30N4O2. The van der Waals surface area contributed by atoms with Gasteiger partial charge in [0.2, 0.25) is 5.91 Å². The Labute approximate surface area is 161 Å². The second-order valence-electron chi connectivity index (χ2n) is 8.51. The first-order valence-electron chi connectivity index (χ1n) is 10.2. The smallest absolute Gasteiger partial charge is 0.255 e. The van der Waals surface area contributed by atoms with Crippen molar-refractivity contribution in [2.45, 2.75) is 32.6 Å². The van der Waals surface area contributed by atoms with E-state index in [1.807, 2.05) is 17.0 Å². The van der Waals surface area contributed by atoms with Crippen molar-refractivity contribution in [2.24, 2.45) is 16.7 Å². The molecule has 3 aliphatic rings. The minimum Gasteiger partial charge on any atom is -0.359 e. The lowest BCUT2D eigenvalue weighted by Gasteiger charge is -2.44. The van der Waals surface area contributed by atoms with Crippen LogP contribution in [0, 0.1) is 16.7 Å². The summed E-state index contributed by atoms with van der Waals surface area (Å²) in [6.45, 7) is 6.63. The number of rotatable bonds is 3. The van der Waals surface area contributed by atoms with Crippen LogP contribution in [0.4, 0.5) is 0 Å². The van der Waals surface area contributed by atoms with Crippen LogP contribution < -0.4 is 5.32 Å².